The van der Waals surface area contributed by atoms with Gasteiger partial charge in [0.1, 0.15) is 0 Å². The van der Waals surface area contributed by atoms with Crippen molar-refractivity contribution in [3.63, 3.8) is 0 Å². The minimum absolute atomic E-state index is 0. The third-order valence-corrected chi connectivity index (χ3v) is 6.77. The van der Waals surface area contributed by atoms with Gasteiger partial charge in [-0.25, -0.2) is 0 Å². The largest absolute Gasteiger partial charge is 0.369 e. The zero-order valence-corrected chi connectivity index (χ0v) is 19.3. The van der Waals surface area contributed by atoms with Crippen LogP contribution in [0.1, 0.15) is 37.7 Å². The monoisotopic (exact) mass is 442 g/mol. The summed E-state index contributed by atoms with van der Waals surface area (Å²) in [5, 5.41) is 3.67. The number of rotatable bonds is 5. The molecule has 7 heteroatoms. The molecule has 3 heterocycles. The summed E-state index contributed by atoms with van der Waals surface area (Å²) >= 11 is 0. The van der Waals surface area contributed by atoms with Crippen molar-refractivity contribution in [1.82, 2.24) is 15.1 Å². The maximum atomic E-state index is 12.7. The van der Waals surface area contributed by atoms with Crippen molar-refractivity contribution in [1.29, 1.82) is 0 Å². The molecule has 3 aliphatic rings. The maximum absolute atomic E-state index is 12.7. The van der Waals surface area contributed by atoms with E-state index in [1.165, 1.54) is 24.1 Å². The second-order valence-corrected chi connectivity index (χ2v) is 8.69. The number of amides is 1. The van der Waals surface area contributed by atoms with Gasteiger partial charge in [-0.2, -0.15) is 0 Å². The van der Waals surface area contributed by atoms with Crippen LogP contribution in [0.25, 0.3) is 0 Å². The molecular weight excluding hydrogens is 407 g/mol. The average Bonchev–Trinajstić information content (AvgIpc) is 3.03. The smallest absolute Gasteiger partial charge is 0.223 e. The number of piperazine rings is 1. The van der Waals surface area contributed by atoms with Gasteiger partial charge in [-0.1, -0.05) is 12.1 Å². The van der Waals surface area contributed by atoms with E-state index in [1.807, 2.05) is 7.05 Å². The summed E-state index contributed by atoms with van der Waals surface area (Å²) in [6.07, 6.45) is 5.49. The number of fused-ring (bicyclic) bond motifs is 2. The molecule has 2 bridgehead atoms. The Kier molecular flexibility index (Phi) is 9.08. The molecule has 1 amide bonds. The van der Waals surface area contributed by atoms with Crippen LogP contribution in [0.2, 0.25) is 0 Å². The van der Waals surface area contributed by atoms with Crippen molar-refractivity contribution in [3.05, 3.63) is 29.8 Å². The van der Waals surface area contributed by atoms with E-state index < -0.39 is 0 Å². The van der Waals surface area contributed by atoms with Gasteiger partial charge in [-0.05, 0) is 50.3 Å². The van der Waals surface area contributed by atoms with Gasteiger partial charge in [-0.3, -0.25) is 9.69 Å². The minimum atomic E-state index is 0. The van der Waals surface area contributed by atoms with E-state index in [9.17, 15) is 4.79 Å². The third-order valence-electron chi connectivity index (χ3n) is 6.77. The Hall–Kier alpha value is -1.01. The molecule has 0 saturated carbocycles. The molecule has 1 aromatic rings. The van der Waals surface area contributed by atoms with Crippen LogP contribution >= 0.6 is 24.8 Å². The van der Waals surface area contributed by atoms with Crippen LogP contribution < -0.4 is 10.2 Å². The highest BCUT2D eigenvalue weighted by Crippen LogP contribution is 2.29. The maximum Gasteiger partial charge on any atom is 0.223 e. The van der Waals surface area contributed by atoms with E-state index in [2.05, 4.69) is 51.2 Å². The number of carbonyl (C=O) groups is 1. The van der Waals surface area contributed by atoms with Crippen molar-refractivity contribution >= 4 is 36.4 Å². The van der Waals surface area contributed by atoms with E-state index in [1.54, 1.807) is 0 Å². The number of benzene rings is 1. The van der Waals surface area contributed by atoms with E-state index in [-0.39, 0.29) is 24.8 Å². The molecule has 2 atom stereocenters. The highest BCUT2D eigenvalue weighted by molar-refractivity contribution is 5.85. The summed E-state index contributed by atoms with van der Waals surface area (Å²) in [5.41, 5.74) is 2.64. The van der Waals surface area contributed by atoms with E-state index in [4.69, 9.17) is 0 Å². The predicted molar refractivity (Wildman–Crippen MR) is 125 cm³/mol. The first-order chi connectivity index (χ1) is 13.1. The normalized spacial score (nSPS) is 26.4. The lowest BCUT2D eigenvalue weighted by Crippen LogP contribution is -2.50. The lowest BCUT2D eigenvalue weighted by atomic mass is 9.98. The fourth-order valence-electron chi connectivity index (χ4n) is 5.03. The number of nitrogens with zero attached hydrogens (tertiary/aromatic N) is 3. The van der Waals surface area contributed by atoms with Crippen LogP contribution in [0, 0.1) is 6.92 Å². The number of aryl methyl sites for hydroxylation is 1. The molecule has 3 saturated heterocycles. The van der Waals surface area contributed by atoms with Crippen molar-refractivity contribution in [2.24, 2.45) is 0 Å². The molecule has 164 valence electrons. The Labute approximate surface area is 188 Å². The average molecular weight is 443 g/mol. The lowest BCUT2D eigenvalue weighted by molar-refractivity contribution is -0.133. The molecule has 3 fully saturated rings. The summed E-state index contributed by atoms with van der Waals surface area (Å²) in [7, 11) is 2.02. The van der Waals surface area contributed by atoms with Crippen LogP contribution in [0.5, 0.6) is 0 Å². The SMILES string of the molecule is Cc1cccc(N2CCN(CCC(=O)N(C)C3CC4CCC(C3)N4)CC2)c1.Cl.Cl. The van der Waals surface area contributed by atoms with E-state index in [0.717, 1.165) is 45.6 Å². The fourth-order valence-corrected chi connectivity index (χ4v) is 5.03. The van der Waals surface area contributed by atoms with Gasteiger partial charge in [0.15, 0.2) is 0 Å². The number of hydrogen-bond donors (Lipinski definition) is 1. The van der Waals surface area contributed by atoms with Gasteiger partial charge >= 0.3 is 0 Å². The van der Waals surface area contributed by atoms with Crippen molar-refractivity contribution < 1.29 is 4.79 Å². The molecule has 4 rings (SSSR count). The Morgan fingerprint density at radius 3 is 2.38 bits per heavy atom. The van der Waals surface area contributed by atoms with Crippen LogP contribution in [0.3, 0.4) is 0 Å². The number of anilines is 1. The molecule has 0 aliphatic carbocycles. The minimum Gasteiger partial charge on any atom is -0.369 e. The second kappa shape index (κ2) is 10.9. The number of carbonyl (C=O) groups excluding carboxylic acids is 1. The zero-order valence-electron chi connectivity index (χ0n) is 17.7. The predicted octanol–water partition coefficient (Wildman–Crippen LogP) is 3.09. The van der Waals surface area contributed by atoms with E-state index >= 15 is 0 Å². The zero-order chi connectivity index (χ0) is 18.8. The molecule has 1 N–H and O–H groups in total. The van der Waals surface area contributed by atoms with Gasteiger partial charge in [0, 0.05) is 70.0 Å². The topological polar surface area (TPSA) is 38.8 Å². The molecule has 0 aromatic heterocycles. The highest BCUT2D eigenvalue weighted by atomic mass is 35.5. The highest BCUT2D eigenvalue weighted by Gasteiger charge is 2.36. The van der Waals surface area contributed by atoms with Crippen LogP contribution in [-0.2, 0) is 4.79 Å². The first kappa shape index (κ1) is 24.3. The second-order valence-electron chi connectivity index (χ2n) is 8.69. The van der Waals surface area contributed by atoms with Gasteiger partial charge < -0.3 is 15.1 Å². The van der Waals surface area contributed by atoms with Crippen LogP contribution in [-0.4, -0.2) is 73.6 Å². The molecule has 0 spiro atoms. The number of nitrogens with one attached hydrogen (secondary N) is 1. The number of halogens is 2. The molecule has 3 aliphatic heterocycles. The Morgan fingerprint density at radius 1 is 1.10 bits per heavy atom. The summed E-state index contributed by atoms with van der Waals surface area (Å²) in [4.78, 5) is 19.7. The van der Waals surface area contributed by atoms with Crippen molar-refractivity contribution in [2.45, 2.75) is 57.2 Å². The molecule has 5 nitrogen and oxygen atoms in total. The molecule has 0 radical (unpaired) electrons. The Morgan fingerprint density at radius 2 is 1.76 bits per heavy atom. The summed E-state index contributed by atoms with van der Waals surface area (Å²) in [6, 6.07) is 10.5. The van der Waals surface area contributed by atoms with Crippen LogP contribution in [0.15, 0.2) is 24.3 Å². The van der Waals surface area contributed by atoms with Gasteiger partial charge in [0.25, 0.3) is 0 Å². The number of hydrogen-bond acceptors (Lipinski definition) is 4. The van der Waals surface area contributed by atoms with Crippen molar-refractivity contribution in [2.75, 3.05) is 44.7 Å². The van der Waals surface area contributed by atoms with Crippen molar-refractivity contribution in [3.8, 4) is 0 Å². The first-order valence-electron chi connectivity index (χ1n) is 10.6. The summed E-state index contributed by atoms with van der Waals surface area (Å²) in [6.45, 7) is 7.22. The Balaban J connectivity index is 0.00000150. The van der Waals surface area contributed by atoms with Gasteiger partial charge in [-0.15, -0.1) is 24.8 Å². The number of piperidine rings is 1. The first-order valence-corrected chi connectivity index (χ1v) is 10.6. The molecule has 29 heavy (non-hydrogen) atoms. The standard InChI is InChI=1S/C22H34N4O.2ClH/c1-17-4-3-5-20(14-17)26-12-10-25(11-13-26)9-8-22(27)24(2)21-15-18-6-7-19(16-21)23-18;;/h3-5,14,18-19,21,23H,6-13,15-16H2,1-2H3;2*1H. The van der Waals surface area contributed by atoms with Gasteiger partial charge in [0.2, 0.25) is 5.91 Å². The van der Waals surface area contributed by atoms with E-state index in [0.29, 0.717) is 30.5 Å². The van der Waals surface area contributed by atoms with Crippen LogP contribution in [0.4, 0.5) is 5.69 Å². The molecule has 1 aromatic carbocycles. The fraction of sp³-hybridized carbons (Fsp3) is 0.682. The van der Waals surface area contributed by atoms with Gasteiger partial charge in [0.05, 0.1) is 0 Å². The molecule has 2 unspecified atom stereocenters. The Bertz CT molecular complexity index is 654. The quantitative estimate of drug-likeness (QED) is 0.759. The summed E-state index contributed by atoms with van der Waals surface area (Å²) < 4.78 is 0. The third kappa shape index (κ3) is 6.00. The summed E-state index contributed by atoms with van der Waals surface area (Å²) in [5.74, 6) is 0.322. The molecular formula is C22H36Cl2N4O. The lowest BCUT2D eigenvalue weighted by Gasteiger charge is -2.37.